The van der Waals surface area contributed by atoms with Crippen molar-refractivity contribution in [1.82, 2.24) is 5.32 Å². The van der Waals surface area contributed by atoms with E-state index < -0.39 is 5.60 Å². The average Bonchev–Trinajstić information content (AvgIpc) is 2.31. The Morgan fingerprint density at radius 2 is 2.12 bits per heavy atom. The number of hydrogen-bond donors (Lipinski definition) is 2. The van der Waals surface area contributed by atoms with Crippen LogP contribution in [0.15, 0.2) is 12.2 Å². The first kappa shape index (κ1) is 12.1. The van der Waals surface area contributed by atoms with E-state index in [1.54, 1.807) is 0 Å². The molecule has 3 heteroatoms. The zero-order chi connectivity index (χ0) is 11.3. The molecular weight excluding hydrogens is 202 g/mol. The highest BCUT2D eigenvalue weighted by Crippen LogP contribution is 2.20. The van der Waals surface area contributed by atoms with Crippen molar-refractivity contribution >= 4 is 0 Å². The fourth-order valence-corrected chi connectivity index (χ4v) is 2.48. The molecule has 2 rings (SSSR count). The maximum Gasteiger partial charge on any atom is 0.0815 e. The molecule has 1 aliphatic carbocycles. The average molecular weight is 225 g/mol. The molecule has 0 aromatic heterocycles. The van der Waals surface area contributed by atoms with E-state index in [0.717, 1.165) is 31.8 Å². The number of allylic oxidation sites excluding steroid dienone is 2. The smallest absolute Gasteiger partial charge is 0.0815 e. The summed E-state index contributed by atoms with van der Waals surface area (Å²) >= 11 is 0. The Kier molecular flexibility index (Phi) is 4.38. The van der Waals surface area contributed by atoms with Crippen molar-refractivity contribution in [3.8, 4) is 0 Å². The highest BCUT2D eigenvalue weighted by Gasteiger charge is 2.29. The van der Waals surface area contributed by atoms with E-state index in [1.807, 2.05) is 0 Å². The number of nitrogens with one attached hydrogen (secondary N) is 1. The number of ether oxygens (including phenoxy) is 1. The van der Waals surface area contributed by atoms with Crippen molar-refractivity contribution in [3.05, 3.63) is 12.2 Å². The van der Waals surface area contributed by atoms with Gasteiger partial charge in [-0.2, -0.15) is 0 Å². The van der Waals surface area contributed by atoms with Crippen molar-refractivity contribution < 1.29 is 9.84 Å². The van der Waals surface area contributed by atoms with E-state index in [2.05, 4.69) is 17.5 Å². The minimum atomic E-state index is -0.525. The molecule has 0 aromatic carbocycles. The Bertz CT molecular complexity index is 234. The van der Waals surface area contributed by atoms with E-state index in [0.29, 0.717) is 13.2 Å². The highest BCUT2D eigenvalue weighted by atomic mass is 16.5. The van der Waals surface area contributed by atoms with Crippen molar-refractivity contribution in [1.29, 1.82) is 0 Å². The van der Waals surface area contributed by atoms with Crippen LogP contribution in [0.4, 0.5) is 0 Å². The molecule has 3 nitrogen and oxygen atoms in total. The molecule has 1 heterocycles. The predicted octanol–water partition coefficient (Wildman–Crippen LogP) is 1.47. The Morgan fingerprint density at radius 3 is 2.81 bits per heavy atom. The van der Waals surface area contributed by atoms with Crippen LogP contribution in [0.1, 0.15) is 32.1 Å². The molecule has 0 amide bonds. The summed E-state index contributed by atoms with van der Waals surface area (Å²) in [7, 11) is 0. The van der Waals surface area contributed by atoms with Gasteiger partial charge in [0.1, 0.15) is 0 Å². The maximum absolute atomic E-state index is 10.2. The normalized spacial score (nSPS) is 29.2. The van der Waals surface area contributed by atoms with Gasteiger partial charge >= 0.3 is 0 Å². The van der Waals surface area contributed by atoms with Crippen LogP contribution in [0.25, 0.3) is 0 Å². The quantitative estimate of drug-likeness (QED) is 0.712. The van der Waals surface area contributed by atoms with Gasteiger partial charge < -0.3 is 15.2 Å². The zero-order valence-electron chi connectivity index (χ0n) is 9.95. The Labute approximate surface area is 97.9 Å². The molecular formula is C13H23NO2. The molecule has 0 bridgehead atoms. The third-order valence-corrected chi connectivity index (χ3v) is 3.69. The van der Waals surface area contributed by atoms with Gasteiger partial charge in [-0.05, 0) is 31.7 Å². The lowest BCUT2D eigenvalue weighted by molar-refractivity contribution is -0.0618. The minimum absolute atomic E-state index is 0.525. The Morgan fingerprint density at radius 1 is 1.31 bits per heavy atom. The molecule has 0 radical (unpaired) electrons. The number of aliphatic hydroxyl groups is 1. The Hall–Kier alpha value is -0.380. The monoisotopic (exact) mass is 225 g/mol. The molecule has 92 valence electrons. The predicted molar refractivity (Wildman–Crippen MR) is 64.4 cm³/mol. The van der Waals surface area contributed by atoms with Crippen LogP contribution in [0.3, 0.4) is 0 Å². The van der Waals surface area contributed by atoms with Crippen molar-refractivity contribution in [2.45, 2.75) is 37.7 Å². The van der Waals surface area contributed by atoms with Crippen LogP contribution in [0.5, 0.6) is 0 Å². The van der Waals surface area contributed by atoms with Gasteiger partial charge in [-0.3, -0.25) is 0 Å². The number of rotatable bonds is 4. The van der Waals surface area contributed by atoms with Crippen LogP contribution < -0.4 is 5.32 Å². The fourth-order valence-electron chi connectivity index (χ4n) is 2.48. The molecule has 16 heavy (non-hydrogen) atoms. The Balaban J connectivity index is 1.64. The lowest BCUT2D eigenvalue weighted by Crippen LogP contribution is -2.46. The summed E-state index contributed by atoms with van der Waals surface area (Å²) in [6.45, 7) is 3.15. The lowest BCUT2D eigenvalue weighted by Gasteiger charge is -2.33. The molecule has 0 spiro atoms. The third kappa shape index (κ3) is 3.58. The highest BCUT2D eigenvalue weighted by molar-refractivity contribution is 4.91. The van der Waals surface area contributed by atoms with E-state index in [4.69, 9.17) is 4.74 Å². The van der Waals surface area contributed by atoms with Crippen LogP contribution in [0.2, 0.25) is 0 Å². The first-order valence-electron chi connectivity index (χ1n) is 6.44. The molecule has 0 aromatic rings. The first-order chi connectivity index (χ1) is 7.79. The second-order valence-electron chi connectivity index (χ2n) is 5.12. The van der Waals surface area contributed by atoms with E-state index in [9.17, 15) is 5.11 Å². The van der Waals surface area contributed by atoms with Crippen LogP contribution in [-0.4, -0.2) is 37.0 Å². The molecule has 2 N–H and O–H groups in total. The van der Waals surface area contributed by atoms with Crippen molar-refractivity contribution in [2.24, 2.45) is 5.92 Å². The van der Waals surface area contributed by atoms with E-state index >= 15 is 0 Å². The molecule has 1 aliphatic heterocycles. The van der Waals surface area contributed by atoms with Crippen LogP contribution >= 0.6 is 0 Å². The number of hydrogen-bond acceptors (Lipinski definition) is 3. The third-order valence-electron chi connectivity index (χ3n) is 3.69. The van der Waals surface area contributed by atoms with Gasteiger partial charge in [0.2, 0.25) is 0 Å². The van der Waals surface area contributed by atoms with Gasteiger partial charge in [-0.1, -0.05) is 12.2 Å². The molecule has 0 saturated carbocycles. The van der Waals surface area contributed by atoms with E-state index in [1.165, 1.54) is 19.3 Å². The van der Waals surface area contributed by atoms with Gasteiger partial charge in [0.25, 0.3) is 0 Å². The molecule has 2 aliphatic rings. The largest absolute Gasteiger partial charge is 0.388 e. The molecule has 1 unspecified atom stereocenters. The second kappa shape index (κ2) is 5.80. The van der Waals surface area contributed by atoms with Crippen LogP contribution in [-0.2, 0) is 4.74 Å². The maximum atomic E-state index is 10.2. The van der Waals surface area contributed by atoms with Gasteiger partial charge in [-0.15, -0.1) is 0 Å². The summed E-state index contributed by atoms with van der Waals surface area (Å²) in [5, 5.41) is 13.7. The van der Waals surface area contributed by atoms with Crippen molar-refractivity contribution in [2.75, 3.05) is 26.3 Å². The standard InChI is InChI=1S/C13H23NO2/c15-13(6-8-16-9-7-13)11-14-10-12-4-2-1-3-5-12/h1-2,12,14-15H,3-11H2. The van der Waals surface area contributed by atoms with Crippen LogP contribution in [0, 0.1) is 5.92 Å². The molecule has 1 fully saturated rings. The molecule has 1 saturated heterocycles. The lowest BCUT2D eigenvalue weighted by atomic mass is 9.92. The second-order valence-corrected chi connectivity index (χ2v) is 5.12. The summed E-state index contributed by atoms with van der Waals surface area (Å²) in [6, 6.07) is 0. The summed E-state index contributed by atoms with van der Waals surface area (Å²) < 4.78 is 5.26. The first-order valence-corrected chi connectivity index (χ1v) is 6.44. The fraction of sp³-hybridized carbons (Fsp3) is 0.846. The van der Waals surface area contributed by atoms with Gasteiger partial charge in [0.05, 0.1) is 5.60 Å². The topological polar surface area (TPSA) is 41.5 Å². The summed E-state index contributed by atoms with van der Waals surface area (Å²) in [6.07, 6.45) is 9.76. The van der Waals surface area contributed by atoms with Crippen molar-refractivity contribution in [3.63, 3.8) is 0 Å². The molecule has 1 atom stereocenters. The van der Waals surface area contributed by atoms with E-state index in [-0.39, 0.29) is 0 Å². The summed E-state index contributed by atoms with van der Waals surface area (Å²) in [5.41, 5.74) is -0.525. The van der Waals surface area contributed by atoms with Gasteiger partial charge in [0.15, 0.2) is 0 Å². The van der Waals surface area contributed by atoms with Gasteiger partial charge in [-0.25, -0.2) is 0 Å². The SMILES string of the molecule is OC1(CNCC2CC=CCC2)CCOCC1. The zero-order valence-corrected chi connectivity index (χ0v) is 9.95. The summed E-state index contributed by atoms with van der Waals surface area (Å²) in [5.74, 6) is 0.758. The van der Waals surface area contributed by atoms with Gasteiger partial charge in [0, 0.05) is 32.6 Å². The minimum Gasteiger partial charge on any atom is -0.388 e. The summed E-state index contributed by atoms with van der Waals surface area (Å²) in [4.78, 5) is 0.